The topological polar surface area (TPSA) is 68.2 Å². The minimum Gasteiger partial charge on any atom is -0.490 e. The highest BCUT2D eigenvalue weighted by Crippen LogP contribution is 2.50. The van der Waals surface area contributed by atoms with Crippen LogP contribution in [-0.2, 0) is 21.3 Å². The molecule has 1 heterocycles. The lowest BCUT2D eigenvalue weighted by atomic mass is 9.65. The maximum Gasteiger partial charge on any atom is 0.339 e. The smallest absolute Gasteiger partial charge is 0.339 e. The average Bonchev–Trinajstić information content (AvgIpc) is 3.11. The molecule has 1 N–H and O–H groups in total. The van der Waals surface area contributed by atoms with Gasteiger partial charge in [0.2, 0.25) is 0 Å². The van der Waals surface area contributed by atoms with Crippen molar-refractivity contribution in [3.05, 3.63) is 58.1 Å². The number of methoxy groups -OCH3 is 2. The number of hydrogen-bond acceptors (Lipinski definition) is 6. The first-order valence-electron chi connectivity index (χ1n) is 15.0. The summed E-state index contributed by atoms with van der Waals surface area (Å²) in [5, 5.41) is 10.8. The summed E-state index contributed by atoms with van der Waals surface area (Å²) in [5.74, 6) is 1.56. The first-order valence-corrected chi connectivity index (χ1v) is 15.4. The van der Waals surface area contributed by atoms with Crippen molar-refractivity contribution in [2.75, 3.05) is 38.8 Å². The second-order valence-corrected chi connectivity index (χ2v) is 12.9. The summed E-state index contributed by atoms with van der Waals surface area (Å²) >= 11 is 7.03. The number of carbonyl (C=O) groups excluding carboxylic acids is 1. The van der Waals surface area contributed by atoms with Gasteiger partial charge in [-0.25, -0.2) is 4.79 Å². The summed E-state index contributed by atoms with van der Waals surface area (Å²) in [6.45, 7) is 2.19. The molecule has 6 atom stereocenters. The number of benzene rings is 2. The van der Waals surface area contributed by atoms with Crippen LogP contribution in [0, 0.1) is 17.8 Å². The quantitative estimate of drug-likeness (QED) is 0.420. The van der Waals surface area contributed by atoms with Crippen LogP contribution >= 0.6 is 11.6 Å². The molecular formula is C33H42ClNO5. The number of ether oxygens (including phenoxy) is 3. The molecule has 216 valence electrons. The van der Waals surface area contributed by atoms with Crippen LogP contribution in [0.2, 0.25) is 5.02 Å². The normalized spacial score (nSPS) is 30.4. The van der Waals surface area contributed by atoms with E-state index in [2.05, 4.69) is 29.2 Å². The Morgan fingerprint density at radius 2 is 2.00 bits per heavy atom. The molecule has 6 rings (SSSR count). The predicted molar refractivity (Wildman–Crippen MR) is 157 cm³/mol. The Kier molecular flexibility index (Phi) is 8.04. The Morgan fingerprint density at radius 3 is 2.75 bits per heavy atom. The van der Waals surface area contributed by atoms with Gasteiger partial charge in [-0.3, -0.25) is 0 Å². The molecule has 0 bridgehead atoms. The zero-order valence-corrected chi connectivity index (χ0v) is 24.5. The number of fused-ring (bicyclic) bond motifs is 3. The summed E-state index contributed by atoms with van der Waals surface area (Å²) in [4.78, 5) is 15.1. The van der Waals surface area contributed by atoms with Crippen molar-refractivity contribution in [2.45, 2.75) is 75.4 Å². The third-order valence-electron chi connectivity index (χ3n) is 10.3. The fraction of sp³-hybridized carbons (Fsp3) is 0.606. The molecule has 4 aliphatic rings. The maximum atomic E-state index is 12.6. The monoisotopic (exact) mass is 567 g/mol. The van der Waals surface area contributed by atoms with Crippen LogP contribution in [0.5, 0.6) is 5.75 Å². The lowest BCUT2D eigenvalue weighted by Gasteiger charge is -2.48. The number of aryl methyl sites for hydroxylation is 1. The number of aliphatic hydroxyl groups excluding tert-OH is 1. The largest absolute Gasteiger partial charge is 0.490 e. The second-order valence-electron chi connectivity index (χ2n) is 12.5. The van der Waals surface area contributed by atoms with Crippen LogP contribution in [0.15, 0.2) is 36.4 Å². The van der Waals surface area contributed by atoms with Crippen LogP contribution in [0.25, 0.3) is 0 Å². The highest BCUT2D eigenvalue weighted by atomic mass is 35.5. The van der Waals surface area contributed by atoms with Crippen molar-refractivity contribution in [3.8, 4) is 5.75 Å². The molecule has 2 aromatic rings. The van der Waals surface area contributed by atoms with Crippen molar-refractivity contribution < 1.29 is 24.1 Å². The van der Waals surface area contributed by atoms with Gasteiger partial charge in [0.25, 0.3) is 0 Å². The van der Waals surface area contributed by atoms with Gasteiger partial charge in [0, 0.05) is 25.6 Å². The summed E-state index contributed by atoms with van der Waals surface area (Å²) in [6.07, 6.45) is 9.36. The molecule has 0 radical (unpaired) electrons. The molecule has 2 fully saturated rings. The minimum atomic E-state index is -0.438. The van der Waals surface area contributed by atoms with Gasteiger partial charge in [-0.05, 0) is 92.4 Å². The molecule has 0 saturated heterocycles. The first-order chi connectivity index (χ1) is 19.4. The van der Waals surface area contributed by atoms with E-state index in [4.69, 9.17) is 25.8 Å². The van der Waals surface area contributed by atoms with Crippen molar-refractivity contribution in [3.63, 3.8) is 0 Å². The van der Waals surface area contributed by atoms with Crippen molar-refractivity contribution >= 4 is 23.3 Å². The average molecular weight is 568 g/mol. The van der Waals surface area contributed by atoms with Gasteiger partial charge in [0.05, 0.1) is 42.2 Å². The Morgan fingerprint density at radius 1 is 1.15 bits per heavy atom. The molecule has 0 unspecified atom stereocenters. The standard InChI is InChI=1S/C33H42ClNO5/c1-38-31(22-8-5-10-24(36)17-22)25-13-12-23(25)18-35-19-33(16-6-9-21-7-3-4-11-27(21)33)20-40-28-15-14-26(32(37)39-2)29(34)30(28)35/h3-4,7,11,14-15,22-25,31,36H,5-6,8-10,12-13,16-20H2,1-2H3/t22-,23-,24-,25+,31-,33-/m0/s1. The van der Waals surface area contributed by atoms with E-state index in [9.17, 15) is 9.90 Å². The summed E-state index contributed by atoms with van der Waals surface area (Å²) in [5.41, 5.74) is 3.79. The Hall–Kier alpha value is -2.28. The number of nitrogens with zero attached hydrogens (tertiary/aromatic N) is 1. The Balaban J connectivity index is 1.35. The van der Waals surface area contributed by atoms with Gasteiger partial charge in [-0.15, -0.1) is 0 Å². The summed E-state index contributed by atoms with van der Waals surface area (Å²) < 4.78 is 17.8. The number of rotatable bonds is 6. The second kappa shape index (κ2) is 11.5. The first kappa shape index (κ1) is 27.9. The summed E-state index contributed by atoms with van der Waals surface area (Å²) in [6, 6.07) is 12.4. The van der Waals surface area contributed by atoms with E-state index in [0.29, 0.717) is 34.9 Å². The molecule has 3 aliphatic carbocycles. The highest BCUT2D eigenvalue weighted by molar-refractivity contribution is 6.36. The number of esters is 1. The molecule has 6 nitrogen and oxygen atoms in total. The minimum absolute atomic E-state index is 0.151. The molecular weight excluding hydrogens is 526 g/mol. The van der Waals surface area contributed by atoms with Gasteiger partial charge < -0.3 is 24.2 Å². The predicted octanol–water partition coefficient (Wildman–Crippen LogP) is 6.19. The van der Waals surface area contributed by atoms with E-state index in [-0.39, 0.29) is 17.6 Å². The third-order valence-corrected chi connectivity index (χ3v) is 10.6. The zero-order chi connectivity index (χ0) is 27.9. The molecule has 1 spiro atoms. The van der Waals surface area contributed by atoms with E-state index in [1.54, 1.807) is 6.07 Å². The van der Waals surface area contributed by atoms with Gasteiger partial charge in [-0.1, -0.05) is 42.3 Å². The van der Waals surface area contributed by atoms with Crippen LogP contribution < -0.4 is 9.64 Å². The van der Waals surface area contributed by atoms with Crippen LogP contribution in [0.3, 0.4) is 0 Å². The lowest BCUT2D eigenvalue weighted by Crippen LogP contribution is -2.51. The maximum absolute atomic E-state index is 12.6. The van der Waals surface area contributed by atoms with Crippen LogP contribution in [0.1, 0.15) is 72.9 Å². The van der Waals surface area contributed by atoms with Crippen molar-refractivity contribution in [2.24, 2.45) is 17.8 Å². The van der Waals surface area contributed by atoms with Crippen molar-refractivity contribution in [1.29, 1.82) is 0 Å². The van der Waals surface area contributed by atoms with Gasteiger partial charge in [-0.2, -0.15) is 0 Å². The molecule has 1 aliphatic heterocycles. The van der Waals surface area contributed by atoms with Gasteiger partial charge in [0.15, 0.2) is 0 Å². The molecule has 0 aromatic heterocycles. The van der Waals surface area contributed by atoms with E-state index in [0.717, 1.165) is 82.3 Å². The number of halogens is 1. The van der Waals surface area contributed by atoms with Crippen LogP contribution in [0.4, 0.5) is 5.69 Å². The SMILES string of the molecule is COC(=O)c1ccc2c(c1Cl)N(C[C@@H]1CC[C@H]1[C@@H](OC)[C@H]1CCC[C@H](O)C1)C[C@@]1(CCCc3ccccc31)CO2. The zero-order valence-electron chi connectivity index (χ0n) is 23.7. The Labute approximate surface area is 242 Å². The third kappa shape index (κ3) is 5.01. The van der Waals surface area contributed by atoms with Gasteiger partial charge >= 0.3 is 5.97 Å². The number of aliphatic hydroxyl groups is 1. The lowest BCUT2D eigenvalue weighted by molar-refractivity contribution is -0.0721. The molecule has 2 aromatic carbocycles. The molecule has 2 saturated carbocycles. The van der Waals surface area contributed by atoms with Crippen molar-refractivity contribution in [1.82, 2.24) is 0 Å². The number of hydrogen-bond donors (Lipinski definition) is 1. The van der Waals surface area contributed by atoms with E-state index < -0.39 is 5.97 Å². The van der Waals surface area contributed by atoms with Crippen LogP contribution in [-0.4, -0.2) is 57.2 Å². The number of carbonyl (C=O) groups is 1. The fourth-order valence-corrected chi connectivity index (χ4v) is 8.52. The molecule has 7 heteroatoms. The molecule has 40 heavy (non-hydrogen) atoms. The Bertz CT molecular complexity index is 1240. The van der Waals surface area contributed by atoms with E-state index in [1.807, 2.05) is 13.2 Å². The number of anilines is 1. The van der Waals surface area contributed by atoms with Gasteiger partial charge in [0.1, 0.15) is 5.75 Å². The highest BCUT2D eigenvalue weighted by Gasteiger charge is 2.46. The molecule has 0 amide bonds. The fourth-order valence-electron chi connectivity index (χ4n) is 8.16. The van der Waals surface area contributed by atoms with E-state index in [1.165, 1.54) is 18.2 Å². The van der Waals surface area contributed by atoms with E-state index >= 15 is 0 Å². The summed E-state index contributed by atoms with van der Waals surface area (Å²) in [7, 11) is 3.22.